The Balaban J connectivity index is 0.000000214. The van der Waals surface area contributed by atoms with Gasteiger partial charge in [-0.25, -0.2) is 0 Å². The van der Waals surface area contributed by atoms with Gasteiger partial charge in [0.2, 0.25) is 0 Å². The summed E-state index contributed by atoms with van der Waals surface area (Å²) in [6, 6.07) is 22.9. The number of rotatable bonds is 8. The molecular weight excluding hydrogens is 821 g/mol. The van der Waals surface area contributed by atoms with Gasteiger partial charge in [0.1, 0.15) is 16.4 Å². The van der Waals surface area contributed by atoms with Gasteiger partial charge in [-0.1, -0.05) is 36.4 Å². The normalized spacial score (nSPS) is 12.1. The molecule has 0 spiro atoms. The number of hydrogen-bond donors (Lipinski definition) is 8. The van der Waals surface area contributed by atoms with Crippen LogP contribution in [0.5, 0.6) is 11.5 Å². The van der Waals surface area contributed by atoms with Gasteiger partial charge in [-0.3, -0.25) is 27.8 Å². The summed E-state index contributed by atoms with van der Waals surface area (Å²) in [5.41, 5.74) is 0.305. The fourth-order valence-electron chi connectivity index (χ4n) is 5.29. The van der Waals surface area contributed by atoms with Crippen LogP contribution in [0.2, 0.25) is 0 Å². The van der Waals surface area contributed by atoms with Gasteiger partial charge >= 0.3 is 0 Å². The van der Waals surface area contributed by atoms with Gasteiger partial charge in [0.05, 0.1) is 26.1 Å². The fraction of sp³-hybridized carbons (Fsp3) is 0. The number of phenols is 2. The third-order valence-corrected chi connectivity index (χ3v) is 11.1. The number of hydrogen-bond acceptors (Lipinski definition) is 12. The predicted octanol–water partition coefficient (Wildman–Crippen LogP) is 4.58. The topological polar surface area (TPSA) is 316 Å². The fourth-order valence-corrected chi connectivity index (χ4v) is 7.58. The third kappa shape index (κ3) is 9.27. The van der Waals surface area contributed by atoms with Crippen molar-refractivity contribution in [2.45, 2.75) is 19.6 Å². The number of amides is 2. The van der Waals surface area contributed by atoms with Crippen LogP contribution in [-0.4, -0.2) is 73.9 Å². The summed E-state index contributed by atoms with van der Waals surface area (Å²) in [5, 5.41) is 24.6. The van der Waals surface area contributed by atoms with Gasteiger partial charge in [-0.05, 0) is 66.0 Å². The maximum Gasteiger partial charge on any atom is 0.295 e. The Kier molecular flexibility index (Phi) is 11.2. The Morgan fingerprint density at radius 2 is 0.857 bits per heavy atom. The Bertz CT molecular complexity index is 3010. The molecule has 292 valence electrons. The molecule has 2 amide bonds. The second-order valence-electron chi connectivity index (χ2n) is 11.5. The van der Waals surface area contributed by atoms with Gasteiger partial charge in [0, 0.05) is 39.4 Å². The van der Waals surface area contributed by atoms with E-state index in [1.54, 1.807) is 36.4 Å². The van der Waals surface area contributed by atoms with Crippen molar-refractivity contribution < 1.29 is 71.7 Å². The Hall–Kier alpha value is -5.98. The SMILES string of the molecule is O=C(Nc1cc(S(=O)(=O)O)cc2cc(S(=O)(=O)O)cc(O)c12)c1ccccc1.O=C(Nc1ccc(S(=O)(=O)O)c2cc(S(=O)(=O)O)cc(O)c12)c1ccccc1. The van der Waals surface area contributed by atoms with Crippen molar-refractivity contribution in [2.75, 3.05) is 10.6 Å². The molecule has 0 heterocycles. The van der Waals surface area contributed by atoms with E-state index < -0.39 is 88.8 Å². The molecule has 6 aromatic rings. The van der Waals surface area contributed by atoms with Crippen LogP contribution in [0.25, 0.3) is 21.5 Å². The third-order valence-electron chi connectivity index (χ3n) is 7.74. The quantitative estimate of drug-likeness (QED) is 0.0972. The molecule has 6 aromatic carbocycles. The van der Waals surface area contributed by atoms with Gasteiger partial charge in [0.15, 0.2) is 0 Å². The summed E-state index contributed by atoms with van der Waals surface area (Å²) in [4.78, 5) is 22.0. The molecule has 18 nitrogen and oxygen atoms in total. The molecule has 22 heteroatoms. The first-order chi connectivity index (χ1) is 25.9. The summed E-state index contributed by atoms with van der Waals surface area (Å²) in [5.74, 6) is -2.55. The molecule has 0 saturated carbocycles. The summed E-state index contributed by atoms with van der Waals surface area (Å²) in [6.07, 6.45) is 0. The van der Waals surface area contributed by atoms with Crippen molar-refractivity contribution in [2.24, 2.45) is 0 Å². The molecule has 0 aliphatic rings. The summed E-state index contributed by atoms with van der Waals surface area (Å²) in [6.45, 7) is 0. The van der Waals surface area contributed by atoms with Crippen LogP contribution in [0, 0.1) is 0 Å². The van der Waals surface area contributed by atoms with E-state index in [0.717, 1.165) is 42.5 Å². The Morgan fingerprint density at radius 3 is 1.30 bits per heavy atom. The lowest BCUT2D eigenvalue weighted by molar-refractivity contribution is 0.101. The zero-order valence-electron chi connectivity index (χ0n) is 27.8. The van der Waals surface area contributed by atoms with Crippen LogP contribution < -0.4 is 10.6 Å². The first kappa shape index (κ1) is 41.2. The van der Waals surface area contributed by atoms with Crippen LogP contribution in [0.3, 0.4) is 0 Å². The van der Waals surface area contributed by atoms with Crippen molar-refractivity contribution in [3.63, 3.8) is 0 Å². The first-order valence-corrected chi connectivity index (χ1v) is 20.9. The maximum absolute atomic E-state index is 12.4. The van der Waals surface area contributed by atoms with E-state index in [-0.39, 0.29) is 38.7 Å². The number of nitrogens with one attached hydrogen (secondary N) is 2. The highest BCUT2D eigenvalue weighted by Gasteiger charge is 2.24. The van der Waals surface area contributed by atoms with Crippen molar-refractivity contribution >= 4 is 85.2 Å². The number of benzene rings is 6. The summed E-state index contributed by atoms with van der Waals surface area (Å²) >= 11 is 0. The predicted molar refractivity (Wildman–Crippen MR) is 199 cm³/mol. The van der Waals surface area contributed by atoms with Crippen LogP contribution >= 0.6 is 0 Å². The van der Waals surface area contributed by atoms with E-state index in [9.17, 15) is 71.7 Å². The van der Waals surface area contributed by atoms with E-state index in [0.29, 0.717) is 6.07 Å². The number of phenolic OH excluding ortho intramolecular Hbond substituents is 2. The molecule has 0 unspecified atom stereocenters. The van der Waals surface area contributed by atoms with E-state index in [1.165, 1.54) is 24.3 Å². The average Bonchev–Trinajstić information content (AvgIpc) is 3.10. The maximum atomic E-state index is 12.4. The minimum Gasteiger partial charge on any atom is -0.507 e. The van der Waals surface area contributed by atoms with Gasteiger partial charge in [0.25, 0.3) is 52.3 Å². The van der Waals surface area contributed by atoms with Gasteiger partial charge in [-0.15, -0.1) is 0 Å². The summed E-state index contributed by atoms with van der Waals surface area (Å²) in [7, 11) is -19.0. The monoisotopic (exact) mass is 846 g/mol. The molecule has 56 heavy (non-hydrogen) atoms. The minimum absolute atomic E-state index is 0.0318. The van der Waals surface area contributed by atoms with E-state index in [1.807, 2.05) is 0 Å². The number of aromatic hydroxyl groups is 2. The standard InChI is InChI=1S/2C17H13NO8S2/c19-15-9-13(28(24,25)26)7-11-6-12(27(21,22)23)8-14(16(11)15)18-17(20)10-4-2-1-3-5-10;19-14-9-11(27(21,22)23)8-12-15(28(24,25)26)7-6-13(16(12)14)18-17(20)10-4-2-1-3-5-10/h2*1-9,19H,(H,18,20)(H,21,22,23)(H,24,25,26). The van der Waals surface area contributed by atoms with Crippen molar-refractivity contribution in [1.29, 1.82) is 0 Å². The Labute approximate surface area is 317 Å². The molecule has 0 radical (unpaired) electrons. The number of anilines is 2. The zero-order valence-corrected chi connectivity index (χ0v) is 31.1. The number of carbonyl (C=O) groups is 2. The lowest BCUT2D eigenvalue weighted by Crippen LogP contribution is -2.13. The van der Waals surface area contributed by atoms with Gasteiger partial charge < -0.3 is 20.8 Å². The molecular formula is C34H26N2O16S4. The lowest BCUT2D eigenvalue weighted by Gasteiger charge is -2.13. The highest BCUT2D eigenvalue weighted by molar-refractivity contribution is 7.86. The number of carbonyl (C=O) groups excluding carboxylic acids is 2. The molecule has 6 rings (SSSR count). The van der Waals surface area contributed by atoms with E-state index in [4.69, 9.17) is 0 Å². The lowest BCUT2D eigenvalue weighted by atomic mass is 10.1. The second kappa shape index (κ2) is 15.3. The Morgan fingerprint density at radius 1 is 0.446 bits per heavy atom. The van der Waals surface area contributed by atoms with Crippen molar-refractivity contribution in [3.8, 4) is 11.5 Å². The first-order valence-electron chi connectivity index (χ1n) is 15.2. The van der Waals surface area contributed by atoms with Crippen LogP contribution in [0.1, 0.15) is 20.7 Å². The zero-order chi connectivity index (χ0) is 41.4. The van der Waals surface area contributed by atoms with E-state index >= 15 is 0 Å². The molecule has 0 bridgehead atoms. The largest absolute Gasteiger partial charge is 0.507 e. The molecule has 0 aliphatic heterocycles. The highest BCUT2D eigenvalue weighted by Crippen LogP contribution is 2.39. The molecule has 0 aromatic heterocycles. The second-order valence-corrected chi connectivity index (χ2v) is 17.2. The van der Waals surface area contributed by atoms with Crippen LogP contribution in [0.15, 0.2) is 129 Å². The highest BCUT2D eigenvalue weighted by atomic mass is 32.2. The molecule has 8 N–H and O–H groups in total. The number of fused-ring (bicyclic) bond motifs is 2. The molecule has 0 aliphatic carbocycles. The van der Waals surface area contributed by atoms with Gasteiger partial charge in [-0.2, -0.15) is 33.7 Å². The minimum atomic E-state index is -4.81. The van der Waals surface area contributed by atoms with Crippen LogP contribution in [-0.2, 0) is 40.5 Å². The summed E-state index contributed by atoms with van der Waals surface area (Å²) < 4.78 is 129. The van der Waals surface area contributed by atoms with Crippen LogP contribution in [0.4, 0.5) is 11.4 Å². The average molecular weight is 847 g/mol. The molecule has 0 fully saturated rings. The molecule has 0 atom stereocenters. The van der Waals surface area contributed by atoms with Crippen molar-refractivity contribution in [3.05, 3.63) is 120 Å². The van der Waals surface area contributed by atoms with Crippen molar-refractivity contribution in [1.82, 2.24) is 0 Å². The smallest absolute Gasteiger partial charge is 0.295 e. The van der Waals surface area contributed by atoms with E-state index in [2.05, 4.69) is 10.6 Å². The molecule has 0 saturated heterocycles.